The number of fused-ring (bicyclic) bond motifs is 4. The molecule has 4 aromatic rings. The first-order chi connectivity index (χ1) is 27.9. The third kappa shape index (κ3) is 6.19. The largest absolute Gasteiger partial charge is 0.432 e. The summed E-state index contributed by atoms with van der Waals surface area (Å²) in [5.41, 5.74) is 5.32. The van der Waals surface area contributed by atoms with Crippen LogP contribution >= 0.6 is 0 Å². The van der Waals surface area contributed by atoms with Crippen LogP contribution in [0.1, 0.15) is 61.3 Å². The summed E-state index contributed by atoms with van der Waals surface area (Å²) >= 11 is 0. The molecule has 2 N–H and O–H groups in total. The molecule has 5 aliphatic heterocycles. The number of anilines is 5. The lowest BCUT2D eigenvalue weighted by Gasteiger charge is -2.33. The second-order valence-corrected chi connectivity index (χ2v) is 21.1. The normalized spacial score (nSPS) is 25.4. The highest BCUT2D eigenvalue weighted by Gasteiger charge is 2.66. The summed E-state index contributed by atoms with van der Waals surface area (Å²) in [5, 5.41) is 10.0. The number of aliphatic hydroxyl groups is 1. The second kappa shape index (κ2) is 14.6. The van der Waals surface area contributed by atoms with Crippen molar-refractivity contribution in [2.75, 3.05) is 27.9 Å². The SMILES string of the molecule is C[C@@H]1[C@@H]([Si](C)(C)O)[C@H](CC(=O)N2CCC[C@H]2CO)O[C@@]12C(=O)N(Cc1ccc(N3C(=O)CCc4ccccc43)cc1)c1ccc(N3C(=O)CCc4ccccc43)cc12. The number of amides is 4. The molecule has 12 heteroatoms. The van der Waals surface area contributed by atoms with Crippen LogP contribution in [0.25, 0.3) is 0 Å². The van der Waals surface area contributed by atoms with Gasteiger partial charge in [-0.2, -0.15) is 0 Å². The van der Waals surface area contributed by atoms with Gasteiger partial charge in [0.15, 0.2) is 13.9 Å². The van der Waals surface area contributed by atoms with E-state index in [1.165, 1.54) is 0 Å². The van der Waals surface area contributed by atoms with Crippen LogP contribution in [0.5, 0.6) is 0 Å². The minimum absolute atomic E-state index is 0.0235. The van der Waals surface area contributed by atoms with Gasteiger partial charge in [0.1, 0.15) is 0 Å². The molecule has 1 spiro atoms. The minimum Gasteiger partial charge on any atom is -0.432 e. The minimum atomic E-state index is -3.09. The summed E-state index contributed by atoms with van der Waals surface area (Å²) in [5.74, 6) is -0.972. The van der Waals surface area contributed by atoms with Crippen molar-refractivity contribution in [2.45, 2.75) is 94.8 Å². The van der Waals surface area contributed by atoms with Crippen molar-refractivity contribution in [2.24, 2.45) is 5.92 Å². The summed E-state index contributed by atoms with van der Waals surface area (Å²) < 4.78 is 7.08. The third-order valence-electron chi connectivity index (χ3n) is 13.2. The Labute approximate surface area is 339 Å². The van der Waals surface area contributed by atoms with E-state index in [0.717, 1.165) is 46.6 Å². The molecule has 11 nitrogen and oxygen atoms in total. The van der Waals surface area contributed by atoms with E-state index < -0.39 is 31.5 Å². The molecule has 5 atom stereocenters. The van der Waals surface area contributed by atoms with Crippen LogP contribution in [0.3, 0.4) is 0 Å². The topological polar surface area (TPSA) is 131 Å². The van der Waals surface area contributed by atoms with Gasteiger partial charge in [-0.25, -0.2) is 0 Å². The van der Waals surface area contributed by atoms with Crippen molar-refractivity contribution in [1.82, 2.24) is 4.90 Å². The Kier molecular flexibility index (Phi) is 9.66. The Morgan fingerprint density at radius 2 is 1.41 bits per heavy atom. The molecule has 300 valence electrons. The van der Waals surface area contributed by atoms with Crippen molar-refractivity contribution in [3.8, 4) is 0 Å². The lowest BCUT2D eigenvalue weighted by atomic mass is 9.82. The molecular formula is C46H50N4O7Si. The van der Waals surface area contributed by atoms with Gasteiger partial charge in [-0.3, -0.25) is 29.0 Å². The van der Waals surface area contributed by atoms with Crippen LogP contribution in [-0.2, 0) is 48.9 Å². The first-order valence-corrected chi connectivity index (χ1v) is 23.6. The van der Waals surface area contributed by atoms with Crippen molar-refractivity contribution >= 4 is 60.4 Å². The van der Waals surface area contributed by atoms with Gasteiger partial charge in [-0.05, 0) is 97.9 Å². The maximum absolute atomic E-state index is 15.4. The monoisotopic (exact) mass is 798 g/mol. The number of hydrogen-bond acceptors (Lipinski definition) is 7. The molecule has 0 saturated carbocycles. The standard InChI is InChI=1S/C46H50N4O7Si/c1-29-44(58(2,3)56)40(26-43(54)47-24-8-11-35(47)28-51)57-46(29)36-25-34(50-38-13-7-5-10-32(38)17-23-42(50)53)20-21-39(36)48(45(46)55)27-30-14-18-33(19-15-30)49-37-12-6-4-9-31(37)16-22-41(49)52/h4-7,9-10,12-15,18-21,25,29,35,40,44,51,56H,8,11,16-17,22-24,26-28H2,1-3H3/t29-,35+,40+,44-,46+/m1/s1. The zero-order valence-electron chi connectivity index (χ0n) is 33.3. The fraction of sp³-hybridized carbons (Fsp3) is 0.391. The van der Waals surface area contributed by atoms with Crippen LogP contribution in [0, 0.1) is 5.92 Å². The van der Waals surface area contributed by atoms with Gasteiger partial charge in [-0.15, -0.1) is 0 Å². The highest BCUT2D eigenvalue weighted by Crippen LogP contribution is 2.60. The second-order valence-electron chi connectivity index (χ2n) is 17.1. The number of ether oxygens (including phenoxy) is 1. The van der Waals surface area contributed by atoms with E-state index >= 15 is 4.79 Å². The van der Waals surface area contributed by atoms with E-state index in [4.69, 9.17) is 4.74 Å². The Hall–Kier alpha value is -5.14. The number of hydrogen-bond donors (Lipinski definition) is 2. The van der Waals surface area contributed by atoms with Gasteiger partial charge in [0.2, 0.25) is 17.7 Å². The Balaban J connectivity index is 1.11. The zero-order chi connectivity index (χ0) is 40.5. The molecule has 0 aliphatic carbocycles. The van der Waals surface area contributed by atoms with Gasteiger partial charge < -0.3 is 24.4 Å². The fourth-order valence-corrected chi connectivity index (χ4v) is 13.1. The first kappa shape index (κ1) is 38.4. The van der Waals surface area contributed by atoms with Gasteiger partial charge in [0.05, 0.1) is 48.8 Å². The molecule has 58 heavy (non-hydrogen) atoms. The van der Waals surface area contributed by atoms with Gasteiger partial charge in [0.25, 0.3) is 5.91 Å². The average Bonchev–Trinajstić information content (AvgIpc) is 3.88. The lowest BCUT2D eigenvalue weighted by Crippen LogP contribution is -2.46. The predicted molar refractivity (Wildman–Crippen MR) is 223 cm³/mol. The summed E-state index contributed by atoms with van der Waals surface area (Å²) in [6.07, 6.45) is 2.88. The number of aryl methyl sites for hydroxylation is 2. The van der Waals surface area contributed by atoms with E-state index in [-0.39, 0.29) is 49.2 Å². The Morgan fingerprint density at radius 1 is 0.810 bits per heavy atom. The quantitative estimate of drug-likeness (QED) is 0.192. The van der Waals surface area contributed by atoms with E-state index in [2.05, 4.69) is 6.07 Å². The van der Waals surface area contributed by atoms with E-state index in [0.29, 0.717) is 49.2 Å². The lowest BCUT2D eigenvalue weighted by molar-refractivity contribution is -0.150. The molecule has 2 saturated heterocycles. The average molecular weight is 799 g/mol. The smallest absolute Gasteiger partial charge is 0.264 e. The number of carbonyl (C=O) groups is 4. The molecular weight excluding hydrogens is 749 g/mol. The van der Waals surface area contributed by atoms with E-state index in [1.54, 1.807) is 19.6 Å². The summed E-state index contributed by atoms with van der Waals surface area (Å²) in [6.45, 7) is 6.26. The summed E-state index contributed by atoms with van der Waals surface area (Å²) in [7, 11) is -3.09. The zero-order valence-corrected chi connectivity index (χ0v) is 34.3. The molecule has 2 fully saturated rings. The maximum atomic E-state index is 15.4. The van der Waals surface area contributed by atoms with Crippen LogP contribution in [0.15, 0.2) is 91.0 Å². The maximum Gasteiger partial charge on any atom is 0.264 e. The number of carbonyl (C=O) groups excluding carboxylic acids is 4. The predicted octanol–water partition coefficient (Wildman–Crippen LogP) is 6.63. The molecule has 0 radical (unpaired) electrons. The summed E-state index contributed by atoms with van der Waals surface area (Å²) in [4.78, 5) is 75.0. The molecule has 0 unspecified atom stereocenters. The highest BCUT2D eigenvalue weighted by molar-refractivity contribution is 6.71. The molecule has 0 aromatic heterocycles. The van der Waals surface area contributed by atoms with Crippen molar-refractivity contribution < 1.29 is 33.8 Å². The Morgan fingerprint density at radius 3 is 2.03 bits per heavy atom. The summed E-state index contributed by atoms with van der Waals surface area (Å²) in [6, 6.07) is 28.9. The van der Waals surface area contributed by atoms with E-state index in [1.807, 2.05) is 105 Å². The number of para-hydroxylation sites is 2. The molecule has 4 amide bonds. The van der Waals surface area contributed by atoms with Crippen LogP contribution < -0.4 is 14.7 Å². The number of likely N-dealkylation sites (tertiary alicyclic amines) is 1. The van der Waals surface area contributed by atoms with Gasteiger partial charge >= 0.3 is 0 Å². The van der Waals surface area contributed by atoms with Crippen molar-refractivity contribution in [1.29, 1.82) is 0 Å². The van der Waals surface area contributed by atoms with Crippen LogP contribution in [0.4, 0.5) is 28.4 Å². The number of benzene rings is 4. The third-order valence-corrected chi connectivity index (χ3v) is 15.7. The fourth-order valence-electron chi connectivity index (χ4n) is 10.6. The molecule has 5 heterocycles. The van der Waals surface area contributed by atoms with E-state index in [9.17, 15) is 24.3 Å². The van der Waals surface area contributed by atoms with Crippen LogP contribution in [0.2, 0.25) is 18.6 Å². The van der Waals surface area contributed by atoms with Crippen molar-refractivity contribution in [3.63, 3.8) is 0 Å². The molecule has 0 bridgehead atoms. The highest BCUT2D eigenvalue weighted by atomic mass is 28.4. The van der Waals surface area contributed by atoms with Gasteiger partial charge in [-0.1, -0.05) is 55.5 Å². The number of aliphatic hydroxyl groups excluding tert-OH is 1. The van der Waals surface area contributed by atoms with Gasteiger partial charge in [0, 0.05) is 47.8 Å². The molecule has 4 aromatic carbocycles. The first-order valence-electron chi connectivity index (χ1n) is 20.6. The van der Waals surface area contributed by atoms with Crippen LogP contribution in [-0.4, -0.2) is 72.0 Å². The number of rotatable bonds is 8. The Bertz CT molecular complexity index is 2310. The van der Waals surface area contributed by atoms with Crippen molar-refractivity contribution in [3.05, 3.63) is 113 Å². The molecule has 9 rings (SSSR count). The molecule has 5 aliphatic rings. The number of nitrogens with zero attached hydrogens (tertiary/aromatic N) is 4.